The number of thioether (sulfide) groups is 1. The molecule has 2 aromatic carbocycles. The molecule has 7 nitrogen and oxygen atoms in total. The summed E-state index contributed by atoms with van der Waals surface area (Å²) < 4.78 is 11.4. The molecule has 0 radical (unpaired) electrons. The number of carbonyl (C=O) groups excluding carboxylic acids is 2. The lowest BCUT2D eigenvalue weighted by atomic mass is 9.94. The fourth-order valence-electron chi connectivity index (χ4n) is 4.65. The number of nitrogens with one attached hydrogen (secondary N) is 1. The van der Waals surface area contributed by atoms with Crippen LogP contribution in [0.2, 0.25) is 5.02 Å². The van der Waals surface area contributed by atoms with Gasteiger partial charge in [-0.2, -0.15) is 0 Å². The number of rotatable bonds is 8. The van der Waals surface area contributed by atoms with E-state index in [0.29, 0.717) is 22.8 Å². The van der Waals surface area contributed by atoms with Gasteiger partial charge >= 0.3 is 5.97 Å². The molecule has 0 aliphatic carbocycles. The number of benzene rings is 2. The van der Waals surface area contributed by atoms with E-state index in [2.05, 4.69) is 5.32 Å². The first-order valence-corrected chi connectivity index (χ1v) is 13.5. The van der Waals surface area contributed by atoms with Gasteiger partial charge in [0.25, 0.3) is 0 Å². The molecule has 0 spiro atoms. The standard InChI is InChI=1S/C28H28ClN3O4S/c1-18-25(27(34)36-16-19-6-3-2-4-7-19)26(20-9-11-21(29)12-10-20)32-22(17-37-28(32)31-18)14-24(33)30-15-23-8-5-13-35-23/h2-4,6-7,9-12,17,23,26H,5,8,13-16H2,1H3,(H,30,33). The van der Waals surface area contributed by atoms with E-state index in [-0.39, 0.29) is 25.0 Å². The molecule has 1 amide bonds. The average Bonchev–Trinajstić information content (AvgIpc) is 3.57. The summed E-state index contributed by atoms with van der Waals surface area (Å²) in [6, 6.07) is 16.4. The van der Waals surface area contributed by atoms with Crippen molar-refractivity contribution in [3.05, 3.63) is 93.1 Å². The Hall–Kier alpha value is -3.07. The van der Waals surface area contributed by atoms with Gasteiger partial charge in [-0.05, 0) is 48.4 Å². The fourth-order valence-corrected chi connectivity index (χ4v) is 5.74. The molecule has 3 aliphatic heterocycles. The molecule has 1 fully saturated rings. The number of ether oxygens (including phenoxy) is 2. The minimum absolute atomic E-state index is 0.0707. The Morgan fingerprint density at radius 3 is 2.70 bits per heavy atom. The zero-order valence-electron chi connectivity index (χ0n) is 20.5. The van der Waals surface area contributed by atoms with Gasteiger partial charge in [-0.1, -0.05) is 65.8 Å². The number of esters is 1. The molecule has 1 saturated heterocycles. The van der Waals surface area contributed by atoms with Gasteiger partial charge in [-0.3, -0.25) is 4.79 Å². The number of carbonyl (C=O) groups is 2. The van der Waals surface area contributed by atoms with Crippen molar-refractivity contribution in [3.8, 4) is 0 Å². The topological polar surface area (TPSA) is 80.2 Å². The number of amides is 1. The van der Waals surface area contributed by atoms with Crippen molar-refractivity contribution in [1.29, 1.82) is 0 Å². The highest BCUT2D eigenvalue weighted by atomic mass is 35.5. The summed E-state index contributed by atoms with van der Waals surface area (Å²) in [6.07, 6.45) is 2.21. The zero-order chi connectivity index (χ0) is 25.8. The largest absolute Gasteiger partial charge is 0.457 e. The van der Waals surface area contributed by atoms with Crippen LogP contribution in [0.5, 0.6) is 0 Å². The second kappa shape index (κ2) is 11.5. The summed E-state index contributed by atoms with van der Waals surface area (Å²) in [5.41, 5.74) is 3.56. The minimum Gasteiger partial charge on any atom is -0.457 e. The Labute approximate surface area is 225 Å². The lowest BCUT2D eigenvalue weighted by Gasteiger charge is -2.36. The maximum absolute atomic E-state index is 13.5. The number of allylic oxidation sites excluding steroid dienone is 1. The number of hydrogen-bond donors (Lipinski definition) is 1. The molecule has 2 aromatic rings. The molecule has 0 aromatic heterocycles. The molecule has 0 saturated carbocycles. The molecule has 37 heavy (non-hydrogen) atoms. The molecular formula is C28H28ClN3O4S. The fraction of sp³-hybridized carbons (Fsp3) is 0.321. The number of halogens is 1. The van der Waals surface area contributed by atoms with E-state index in [0.717, 1.165) is 41.4 Å². The van der Waals surface area contributed by atoms with Crippen LogP contribution in [-0.4, -0.2) is 41.2 Å². The van der Waals surface area contributed by atoms with Crippen LogP contribution in [0.15, 0.2) is 82.0 Å². The number of amidine groups is 1. The van der Waals surface area contributed by atoms with Gasteiger partial charge in [-0.15, -0.1) is 0 Å². The first-order chi connectivity index (χ1) is 18.0. The van der Waals surface area contributed by atoms with Crippen molar-refractivity contribution in [1.82, 2.24) is 10.2 Å². The lowest BCUT2D eigenvalue weighted by molar-refractivity contribution is -0.141. The molecule has 9 heteroatoms. The molecule has 2 unspecified atom stereocenters. The first kappa shape index (κ1) is 25.6. The molecule has 3 aliphatic rings. The predicted molar refractivity (Wildman–Crippen MR) is 145 cm³/mol. The molecule has 1 N–H and O–H groups in total. The average molecular weight is 538 g/mol. The first-order valence-electron chi connectivity index (χ1n) is 12.3. The molecule has 5 rings (SSSR count). The number of fused-ring (bicyclic) bond motifs is 1. The highest BCUT2D eigenvalue weighted by molar-refractivity contribution is 8.16. The Morgan fingerprint density at radius 1 is 1.19 bits per heavy atom. The van der Waals surface area contributed by atoms with Gasteiger partial charge in [0.2, 0.25) is 5.91 Å². The van der Waals surface area contributed by atoms with Crippen molar-refractivity contribution in [2.45, 2.75) is 44.9 Å². The van der Waals surface area contributed by atoms with E-state index < -0.39 is 12.0 Å². The Bertz CT molecular complexity index is 1250. The predicted octanol–water partition coefficient (Wildman–Crippen LogP) is 5.34. The zero-order valence-corrected chi connectivity index (χ0v) is 22.1. The Kier molecular flexibility index (Phi) is 7.98. The molecule has 3 heterocycles. The van der Waals surface area contributed by atoms with Crippen molar-refractivity contribution >= 4 is 40.4 Å². The van der Waals surface area contributed by atoms with Crippen LogP contribution in [0.3, 0.4) is 0 Å². The van der Waals surface area contributed by atoms with Gasteiger partial charge in [-0.25, -0.2) is 9.79 Å². The third-order valence-electron chi connectivity index (χ3n) is 6.51. The van der Waals surface area contributed by atoms with E-state index in [4.69, 9.17) is 26.1 Å². The van der Waals surface area contributed by atoms with Crippen LogP contribution in [0, 0.1) is 0 Å². The number of nitrogens with zero attached hydrogens (tertiary/aromatic N) is 2. The SMILES string of the molecule is CC1=C(C(=O)OCc2ccccc2)C(c2ccc(Cl)cc2)N2C(CC(=O)NCC3CCCO3)=CSC2=N1. The van der Waals surface area contributed by atoms with Gasteiger partial charge < -0.3 is 19.7 Å². The Balaban J connectivity index is 1.39. The van der Waals surface area contributed by atoms with Crippen LogP contribution in [0.4, 0.5) is 0 Å². The summed E-state index contributed by atoms with van der Waals surface area (Å²) >= 11 is 7.62. The van der Waals surface area contributed by atoms with E-state index in [9.17, 15) is 9.59 Å². The van der Waals surface area contributed by atoms with Gasteiger partial charge in [0.15, 0.2) is 5.17 Å². The summed E-state index contributed by atoms with van der Waals surface area (Å²) in [4.78, 5) is 33.0. The normalized spacial score (nSPS) is 20.9. The molecule has 0 bridgehead atoms. The second-order valence-electron chi connectivity index (χ2n) is 9.12. The Morgan fingerprint density at radius 2 is 1.97 bits per heavy atom. The molecule has 192 valence electrons. The second-order valence-corrected chi connectivity index (χ2v) is 10.4. The van der Waals surface area contributed by atoms with E-state index in [1.165, 1.54) is 11.8 Å². The maximum atomic E-state index is 13.5. The van der Waals surface area contributed by atoms with Crippen molar-refractivity contribution in [2.24, 2.45) is 4.99 Å². The smallest absolute Gasteiger partial charge is 0.338 e. The summed E-state index contributed by atoms with van der Waals surface area (Å²) in [5.74, 6) is -0.541. The van der Waals surface area contributed by atoms with Crippen LogP contribution in [0.1, 0.15) is 43.4 Å². The molecule has 2 atom stereocenters. The van der Waals surface area contributed by atoms with E-state index in [1.807, 2.05) is 59.7 Å². The van der Waals surface area contributed by atoms with Gasteiger partial charge in [0, 0.05) is 23.9 Å². The van der Waals surface area contributed by atoms with Crippen molar-refractivity contribution < 1.29 is 19.1 Å². The van der Waals surface area contributed by atoms with Crippen molar-refractivity contribution in [3.63, 3.8) is 0 Å². The van der Waals surface area contributed by atoms with Crippen LogP contribution in [0.25, 0.3) is 0 Å². The van der Waals surface area contributed by atoms with E-state index in [1.54, 1.807) is 12.1 Å². The van der Waals surface area contributed by atoms with Gasteiger partial charge in [0.1, 0.15) is 6.61 Å². The van der Waals surface area contributed by atoms with Gasteiger partial charge in [0.05, 0.1) is 29.8 Å². The maximum Gasteiger partial charge on any atom is 0.338 e. The summed E-state index contributed by atoms with van der Waals surface area (Å²) in [7, 11) is 0. The summed E-state index contributed by atoms with van der Waals surface area (Å²) in [6.45, 7) is 3.22. The monoisotopic (exact) mass is 537 g/mol. The molecular weight excluding hydrogens is 510 g/mol. The van der Waals surface area contributed by atoms with Crippen LogP contribution >= 0.6 is 23.4 Å². The number of hydrogen-bond acceptors (Lipinski definition) is 7. The summed E-state index contributed by atoms with van der Waals surface area (Å²) in [5, 5.41) is 6.24. The highest BCUT2D eigenvalue weighted by Crippen LogP contribution is 2.45. The van der Waals surface area contributed by atoms with Crippen LogP contribution < -0.4 is 5.32 Å². The van der Waals surface area contributed by atoms with E-state index >= 15 is 0 Å². The highest BCUT2D eigenvalue weighted by Gasteiger charge is 2.41. The third kappa shape index (κ3) is 5.92. The minimum atomic E-state index is -0.500. The van der Waals surface area contributed by atoms with Crippen molar-refractivity contribution in [2.75, 3.05) is 13.2 Å². The number of aliphatic imine (C=N–C) groups is 1. The lowest BCUT2D eigenvalue weighted by Crippen LogP contribution is -2.38. The van der Waals surface area contributed by atoms with Crippen LogP contribution in [-0.2, 0) is 25.7 Å². The quantitative estimate of drug-likeness (QED) is 0.458. The third-order valence-corrected chi connectivity index (χ3v) is 7.65.